The highest BCUT2D eigenvalue weighted by Gasteiger charge is 2.34. The van der Waals surface area contributed by atoms with Crippen molar-refractivity contribution < 1.29 is 27.9 Å². The van der Waals surface area contributed by atoms with Gasteiger partial charge < -0.3 is 15.2 Å². The van der Waals surface area contributed by atoms with Crippen LogP contribution in [0, 0.1) is 0 Å². The summed E-state index contributed by atoms with van der Waals surface area (Å²) in [5, 5.41) is 11.8. The average Bonchev–Trinajstić information content (AvgIpc) is 2.53. The SMILES string of the molecule is CCCC(C)(NC(=O)c1ccc(S(=O)(=O)CCOC)cc1)C(=O)O. The quantitative estimate of drug-likeness (QED) is 0.693. The first-order valence-electron chi connectivity index (χ1n) is 7.54. The Balaban J connectivity index is 2.93. The van der Waals surface area contributed by atoms with Crippen LogP contribution < -0.4 is 5.32 Å². The molecule has 0 aliphatic rings. The van der Waals surface area contributed by atoms with Gasteiger partial charge in [-0.2, -0.15) is 0 Å². The summed E-state index contributed by atoms with van der Waals surface area (Å²) in [5.41, 5.74) is -1.17. The third-order valence-corrected chi connectivity index (χ3v) is 5.34. The maximum Gasteiger partial charge on any atom is 0.329 e. The van der Waals surface area contributed by atoms with Crippen molar-refractivity contribution in [3.63, 3.8) is 0 Å². The first kappa shape index (κ1) is 20.1. The van der Waals surface area contributed by atoms with Gasteiger partial charge in [-0.25, -0.2) is 13.2 Å². The molecule has 0 radical (unpaired) electrons. The Labute approximate surface area is 141 Å². The highest BCUT2D eigenvalue weighted by atomic mass is 32.2. The molecule has 2 N–H and O–H groups in total. The van der Waals surface area contributed by atoms with Gasteiger partial charge in [0, 0.05) is 12.7 Å². The summed E-state index contributed by atoms with van der Waals surface area (Å²) in [7, 11) is -2.06. The summed E-state index contributed by atoms with van der Waals surface area (Å²) in [5.74, 6) is -1.83. The van der Waals surface area contributed by atoms with Crippen molar-refractivity contribution in [1.82, 2.24) is 5.32 Å². The Kier molecular flexibility index (Phi) is 6.92. The predicted octanol–water partition coefficient (Wildman–Crippen LogP) is 1.48. The van der Waals surface area contributed by atoms with Gasteiger partial charge in [0.2, 0.25) is 0 Å². The maximum atomic E-state index is 12.2. The van der Waals surface area contributed by atoms with Crippen molar-refractivity contribution in [2.75, 3.05) is 19.5 Å². The third kappa shape index (κ3) is 5.04. The number of rotatable bonds is 9. The molecule has 0 saturated heterocycles. The molecule has 0 aliphatic carbocycles. The highest BCUT2D eigenvalue weighted by molar-refractivity contribution is 7.91. The molecule has 8 heteroatoms. The molecule has 1 amide bonds. The number of amides is 1. The Bertz CT molecular complexity index is 683. The fraction of sp³-hybridized carbons (Fsp3) is 0.500. The lowest BCUT2D eigenvalue weighted by atomic mass is 9.96. The maximum absolute atomic E-state index is 12.2. The van der Waals surface area contributed by atoms with Gasteiger partial charge in [-0.1, -0.05) is 13.3 Å². The molecule has 0 fully saturated rings. The lowest BCUT2D eigenvalue weighted by Gasteiger charge is -2.25. The molecule has 1 unspecified atom stereocenters. The van der Waals surface area contributed by atoms with Crippen LogP contribution in [-0.2, 0) is 19.4 Å². The minimum Gasteiger partial charge on any atom is -0.480 e. The molecule has 0 saturated carbocycles. The molecule has 24 heavy (non-hydrogen) atoms. The second kappa shape index (κ2) is 8.25. The van der Waals surface area contributed by atoms with Crippen molar-refractivity contribution in [3.05, 3.63) is 29.8 Å². The van der Waals surface area contributed by atoms with E-state index >= 15 is 0 Å². The number of carbonyl (C=O) groups excluding carboxylic acids is 1. The van der Waals surface area contributed by atoms with E-state index in [9.17, 15) is 23.1 Å². The fourth-order valence-electron chi connectivity index (χ4n) is 2.17. The van der Waals surface area contributed by atoms with Gasteiger partial charge in [0.25, 0.3) is 5.91 Å². The molecule has 7 nitrogen and oxygen atoms in total. The summed E-state index contributed by atoms with van der Waals surface area (Å²) in [6.45, 7) is 3.35. The van der Waals surface area contributed by atoms with Crippen molar-refractivity contribution >= 4 is 21.7 Å². The zero-order chi connectivity index (χ0) is 18.4. The highest BCUT2D eigenvalue weighted by Crippen LogP contribution is 2.16. The Morgan fingerprint density at radius 1 is 1.25 bits per heavy atom. The topological polar surface area (TPSA) is 110 Å². The number of carbonyl (C=O) groups is 2. The zero-order valence-corrected chi connectivity index (χ0v) is 14.9. The van der Waals surface area contributed by atoms with Crippen LogP contribution in [0.4, 0.5) is 0 Å². The van der Waals surface area contributed by atoms with Crippen LogP contribution in [0.2, 0.25) is 0 Å². The molecule has 134 valence electrons. The van der Waals surface area contributed by atoms with E-state index in [2.05, 4.69) is 5.32 Å². The monoisotopic (exact) mass is 357 g/mol. The van der Waals surface area contributed by atoms with E-state index in [1.165, 1.54) is 38.3 Å². The number of carboxylic acids is 1. The van der Waals surface area contributed by atoms with Crippen molar-refractivity contribution in [2.45, 2.75) is 37.1 Å². The van der Waals surface area contributed by atoms with Crippen LogP contribution >= 0.6 is 0 Å². The molecule has 1 aromatic carbocycles. The molecule has 1 atom stereocenters. The van der Waals surface area contributed by atoms with E-state index in [1.54, 1.807) is 0 Å². The van der Waals surface area contributed by atoms with E-state index in [0.29, 0.717) is 6.42 Å². The van der Waals surface area contributed by atoms with Gasteiger partial charge in [0.15, 0.2) is 9.84 Å². The molecule has 0 bridgehead atoms. The van der Waals surface area contributed by atoms with Crippen LogP contribution in [0.5, 0.6) is 0 Å². The van der Waals surface area contributed by atoms with Crippen LogP contribution in [-0.4, -0.2) is 50.4 Å². The minimum absolute atomic E-state index is 0.0819. The number of carboxylic acid groups (broad SMARTS) is 1. The summed E-state index contributed by atoms with van der Waals surface area (Å²) < 4.78 is 28.8. The second-order valence-electron chi connectivity index (χ2n) is 5.68. The van der Waals surface area contributed by atoms with Gasteiger partial charge in [0.1, 0.15) is 5.54 Å². The Morgan fingerprint density at radius 3 is 2.29 bits per heavy atom. The number of benzene rings is 1. The molecule has 0 aliphatic heterocycles. The number of ether oxygens (including phenoxy) is 1. The summed E-state index contributed by atoms with van der Waals surface area (Å²) in [4.78, 5) is 23.7. The lowest BCUT2D eigenvalue weighted by molar-refractivity contribution is -0.144. The summed E-state index contributed by atoms with van der Waals surface area (Å²) in [6.07, 6.45) is 0.886. The standard InChI is InChI=1S/C16H23NO6S/c1-4-9-16(2,15(19)20)17-14(18)12-5-7-13(8-6-12)24(21,22)11-10-23-3/h5-8H,4,9-11H2,1-3H3,(H,17,18)(H,19,20). The molecular weight excluding hydrogens is 334 g/mol. The van der Waals surface area contributed by atoms with Crippen molar-refractivity contribution in [3.8, 4) is 0 Å². The van der Waals surface area contributed by atoms with Crippen LogP contribution in [0.15, 0.2) is 29.2 Å². The molecule has 0 aromatic heterocycles. The van der Waals surface area contributed by atoms with E-state index in [0.717, 1.165) is 0 Å². The molecular formula is C16H23NO6S. The lowest BCUT2D eigenvalue weighted by Crippen LogP contribution is -2.52. The number of hydrogen-bond acceptors (Lipinski definition) is 5. The zero-order valence-electron chi connectivity index (χ0n) is 14.0. The number of sulfone groups is 1. The molecule has 0 heterocycles. The van der Waals surface area contributed by atoms with E-state index in [1.807, 2.05) is 6.92 Å². The molecule has 0 spiro atoms. The van der Waals surface area contributed by atoms with Gasteiger partial charge in [0.05, 0.1) is 17.3 Å². The Morgan fingerprint density at radius 2 is 1.83 bits per heavy atom. The van der Waals surface area contributed by atoms with Crippen LogP contribution in [0.3, 0.4) is 0 Å². The number of aliphatic carboxylic acids is 1. The van der Waals surface area contributed by atoms with Gasteiger partial charge in [-0.05, 0) is 37.6 Å². The average molecular weight is 357 g/mol. The van der Waals surface area contributed by atoms with Gasteiger partial charge in [-0.15, -0.1) is 0 Å². The van der Waals surface area contributed by atoms with Gasteiger partial charge >= 0.3 is 5.97 Å². The van der Waals surface area contributed by atoms with E-state index in [4.69, 9.17) is 4.74 Å². The normalized spacial score (nSPS) is 14.0. The number of hydrogen-bond donors (Lipinski definition) is 2. The smallest absolute Gasteiger partial charge is 0.329 e. The van der Waals surface area contributed by atoms with Gasteiger partial charge in [-0.3, -0.25) is 4.79 Å². The summed E-state index contributed by atoms with van der Waals surface area (Å²) >= 11 is 0. The molecule has 1 rings (SSSR count). The first-order valence-corrected chi connectivity index (χ1v) is 9.19. The fourth-order valence-corrected chi connectivity index (χ4v) is 3.34. The Hall–Kier alpha value is -1.93. The predicted molar refractivity (Wildman–Crippen MR) is 88.8 cm³/mol. The van der Waals surface area contributed by atoms with Crippen LogP contribution in [0.1, 0.15) is 37.0 Å². The third-order valence-electron chi connectivity index (χ3n) is 3.64. The largest absolute Gasteiger partial charge is 0.480 e. The van der Waals surface area contributed by atoms with Crippen LogP contribution in [0.25, 0.3) is 0 Å². The second-order valence-corrected chi connectivity index (χ2v) is 7.79. The number of nitrogens with one attached hydrogen (secondary N) is 1. The van der Waals surface area contributed by atoms with E-state index < -0.39 is 27.3 Å². The molecule has 1 aromatic rings. The summed E-state index contributed by atoms with van der Waals surface area (Å²) in [6, 6.07) is 5.39. The van der Waals surface area contributed by atoms with E-state index in [-0.39, 0.29) is 29.2 Å². The minimum atomic E-state index is -3.47. The van der Waals surface area contributed by atoms with Crippen molar-refractivity contribution in [1.29, 1.82) is 0 Å². The number of methoxy groups -OCH3 is 1. The first-order chi connectivity index (χ1) is 11.2. The van der Waals surface area contributed by atoms with Crippen molar-refractivity contribution in [2.24, 2.45) is 0 Å².